The van der Waals surface area contributed by atoms with Crippen LogP contribution in [0.15, 0.2) is 24.3 Å². The number of aromatic amines is 1. The molecular weight excluding hydrogens is 256 g/mol. The molecule has 0 aliphatic heterocycles. The highest BCUT2D eigenvalue weighted by Gasteiger charge is 2.07. The predicted octanol–water partition coefficient (Wildman–Crippen LogP) is 1.95. The van der Waals surface area contributed by atoms with Gasteiger partial charge >= 0.3 is 6.01 Å². The van der Waals surface area contributed by atoms with Crippen LogP contribution in [0.5, 0.6) is 6.01 Å². The first-order valence-electron chi connectivity index (χ1n) is 6.55. The summed E-state index contributed by atoms with van der Waals surface area (Å²) in [5.41, 5.74) is 2.44. The Hall–Kier alpha value is -2.37. The molecule has 2 N–H and O–H groups in total. The minimum Gasteiger partial charge on any atom is -0.466 e. The zero-order valence-electron chi connectivity index (χ0n) is 11.6. The Bertz CT molecular complexity index is 563. The first-order valence-corrected chi connectivity index (χ1v) is 6.55. The van der Waals surface area contributed by atoms with Gasteiger partial charge in [-0.1, -0.05) is 31.2 Å². The van der Waals surface area contributed by atoms with Crippen LogP contribution in [0.3, 0.4) is 0 Å². The number of anilines is 1. The Morgan fingerprint density at radius 2 is 2.00 bits per heavy atom. The number of aromatic nitrogens is 3. The molecule has 0 saturated carbocycles. The summed E-state index contributed by atoms with van der Waals surface area (Å²) in [5, 5.41) is 8.98. The molecule has 1 amide bonds. The van der Waals surface area contributed by atoms with E-state index in [0.29, 0.717) is 18.8 Å². The standard InChI is InChI=1S/C14H18N4O2/c1-3-10-4-6-11(7-5-10)8-9-12(19)15-13-16-14(20-2)18-17-13/h4-7H,3,8-9H2,1-2H3,(H2,15,16,17,18,19). The van der Waals surface area contributed by atoms with Gasteiger partial charge in [0.05, 0.1) is 7.11 Å². The molecule has 1 aromatic heterocycles. The van der Waals surface area contributed by atoms with Crippen molar-refractivity contribution in [3.63, 3.8) is 0 Å². The van der Waals surface area contributed by atoms with Crippen LogP contribution in [0.2, 0.25) is 0 Å². The number of hydrogen-bond acceptors (Lipinski definition) is 4. The number of hydrogen-bond donors (Lipinski definition) is 2. The normalized spacial score (nSPS) is 10.3. The molecule has 0 atom stereocenters. The van der Waals surface area contributed by atoms with Crippen LogP contribution in [0.4, 0.5) is 5.95 Å². The van der Waals surface area contributed by atoms with E-state index in [1.54, 1.807) is 0 Å². The van der Waals surface area contributed by atoms with Gasteiger partial charge in [-0.25, -0.2) is 5.10 Å². The highest BCUT2D eigenvalue weighted by Crippen LogP contribution is 2.09. The third kappa shape index (κ3) is 3.81. The van der Waals surface area contributed by atoms with E-state index < -0.39 is 0 Å². The van der Waals surface area contributed by atoms with Crippen LogP contribution in [0.25, 0.3) is 0 Å². The van der Waals surface area contributed by atoms with Crippen molar-refractivity contribution < 1.29 is 9.53 Å². The molecule has 20 heavy (non-hydrogen) atoms. The van der Waals surface area contributed by atoms with Crippen LogP contribution in [-0.2, 0) is 17.6 Å². The molecule has 0 radical (unpaired) electrons. The van der Waals surface area contributed by atoms with Crippen LogP contribution in [0.1, 0.15) is 24.5 Å². The summed E-state index contributed by atoms with van der Waals surface area (Å²) in [6.07, 6.45) is 2.11. The van der Waals surface area contributed by atoms with Gasteiger partial charge in [-0.15, -0.1) is 5.10 Å². The number of ether oxygens (including phenoxy) is 1. The lowest BCUT2D eigenvalue weighted by Crippen LogP contribution is -2.13. The average molecular weight is 274 g/mol. The molecule has 6 heteroatoms. The van der Waals surface area contributed by atoms with Crippen molar-refractivity contribution >= 4 is 11.9 Å². The number of aryl methyl sites for hydroxylation is 2. The zero-order valence-corrected chi connectivity index (χ0v) is 11.6. The van der Waals surface area contributed by atoms with Gasteiger partial charge in [0.2, 0.25) is 11.9 Å². The maximum absolute atomic E-state index is 11.8. The van der Waals surface area contributed by atoms with E-state index in [1.165, 1.54) is 12.7 Å². The van der Waals surface area contributed by atoms with Crippen molar-refractivity contribution in [1.29, 1.82) is 0 Å². The maximum atomic E-state index is 11.8. The summed E-state index contributed by atoms with van der Waals surface area (Å²) in [6.45, 7) is 2.12. The third-order valence-corrected chi connectivity index (χ3v) is 2.98. The lowest BCUT2D eigenvalue weighted by molar-refractivity contribution is -0.116. The highest BCUT2D eigenvalue weighted by molar-refractivity contribution is 5.89. The van der Waals surface area contributed by atoms with Crippen molar-refractivity contribution in [2.24, 2.45) is 0 Å². The molecule has 0 unspecified atom stereocenters. The molecule has 2 aromatic rings. The van der Waals surface area contributed by atoms with Crippen molar-refractivity contribution in [3.05, 3.63) is 35.4 Å². The first-order chi connectivity index (χ1) is 9.71. The van der Waals surface area contributed by atoms with Crippen LogP contribution < -0.4 is 10.1 Å². The fourth-order valence-electron chi connectivity index (χ4n) is 1.79. The van der Waals surface area contributed by atoms with E-state index in [2.05, 4.69) is 51.7 Å². The van der Waals surface area contributed by atoms with E-state index in [-0.39, 0.29) is 11.9 Å². The summed E-state index contributed by atoms with van der Waals surface area (Å²) in [5.74, 6) is 0.191. The molecular formula is C14H18N4O2. The van der Waals surface area contributed by atoms with Crippen molar-refractivity contribution in [1.82, 2.24) is 15.2 Å². The summed E-state index contributed by atoms with van der Waals surface area (Å²) >= 11 is 0. The van der Waals surface area contributed by atoms with Gasteiger partial charge in [-0.3, -0.25) is 10.1 Å². The summed E-state index contributed by atoms with van der Waals surface area (Å²) in [4.78, 5) is 15.7. The van der Waals surface area contributed by atoms with Gasteiger partial charge in [0.1, 0.15) is 0 Å². The van der Waals surface area contributed by atoms with Gasteiger partial charge in [-0.2, -0.15) is 4.98 Å². The number of rotatable bonds is 6. The largest absolute Gasteiger partial charge is 0.466 e. The Kier molecular flexibility index (Phi) is 4.70. The molecule has 1 heterocycles. The lowest BCUT2D eigenvalue weighted by Gasteiger charge is -2.03. The zero-order chi connectivity index (χ0) is 14.4. The highest BCUT2D eigenvalue weighted by atomic mass is 16.5. The van der Waals surface area contributed by atoms with Crippen molar-refractivity contribution in [2.75, 3.05) is 12.4 Å². The molecule has 6 nitrogen and oxygen atoms in total. The Balaban J connectivity index is 1.82. The van der Waals surface area contributed by atoms with Gasteiger partial charge in [-0.05, 0) is 24.0 Å². The molecule has 106 valence electrons. The molecule has 1 aromatic carbocycles. The number of H-pyrrole nitrogens is 1. The number of carbonyl (C=O) groups is 1. The van der Waals surface area contributed by atoms with Crippen LogP contribution in [-0.4, -0.2) is 28.2 Å². The van der Waals surface area contributed by atoms with Crippen LogP contribution >= 0.6 is 0 Å². The SMILES string of the molecule is CCc1ccc(CCC(=O)Nc2nc(OC)n[nH]2)cc1. The molecule has 0 aliphatic rings. The number of methoxy groups -OCH3 is 1. The minimum atomic E-state index is -0.108. The minimum absolute atomic E-state index is 0.108. The second kappa shape index (κ2) is 6.70. The molecule has 0 saturated heterocycles. The monoisotopic (exact) mass is 274 g/mol. The second-order valence-corrected chi connectivity index (χ2v) is 4.39. The van der Waals surface area contributed by atoms with Gasteiger partial charge in [0.25, 0.3) is 0 Å². The molecule has 2 rings (SSSR count). The van der Waals surface area contributed by atoms with Gasteiger partial charge < -0.3 is 4.74 Å². The first kappa shape index (κ1) is 14.0. The van der Waals surface area contributed by atoms with E-state index in [0.717, 1.165) is 12.0 Å². The third-order valence-electron chi connectivity index (χ3n) is 2.98. The van der Waals surface area contributed by atoms with Crippen molar-refractivity contribution in [3.8, 4) is 6.01 Å². The van der Waals surface area contributed by atoms with E-state index in [4.69, 9.17) is 4.74 Å². The summed E-state index contributed by atoms with van der Waals surface area (Å²) in [7, 11) is 1.47. The number of carbonyl (C=O) groups excluding carboxylic acids is 1. The second-order valence-electron chi connectivity index (χ2n) is 4.39. The number of nitrogens with zero attached hydrogens (tertiary/aromatic N) is 2. The smallest absolute Gasteiger partial charge is 0.336 e. The summed E-state index contributed by atoms with van der Waals surface area (Å²) < 4.78 is 4.82. The maximum Gasteiger partial charge on any atom is 0.336 e. The van der Waals surface area contributed by atoms with Gasteiger partial charge in [0, 0.05) is 6.42 Å². The lowest BCUT2D eigenvalue weighted by atomic mass is 10.1. The van der Waals surface area contributed by atoms with E-state index in [9.17, 15) is 4.79 Å². The topological polar surface area (TPSA) is 79.9 Å². The molecule has 0 fully saturated rings. The average Bonchev–Trinajstić information content (AvgIpc) is 2.93. The fraction of sp³-hybridized carbons (Fsp3) is 0.357. The van der Waals surface area contributed by atoms with E-state index >= 15 is 0 Å². The number of amides is 1. The van der Waals surface area contributed by atoms with Gasteiger partial charge in [0.15, 0.2) is 0 Å². The molecule has 0 aliphatic carbocycles. The molecule has 0 bridgehead atoms. The number of benzene rings is 1. The van der Waals surface area contributed by atoms with Crippen molar-refractivity contribution in [2.45, 2.75) is 26.2 Å². The quantitative estimate of drug-likeness (QED) is 0.843. The number of nitrogens with one attached hydrogen (secondary N) is 2. The van der Waals surface area contributed by atoms with E-state index in [1.807, 2.05) is 0 Å². The summed E-state index contributed by atoms with van der Waals surface area (Å²) in [6, 6.07) is 8.51. The predicted molar refractivity (Wildman–Crippen MR) is 75.7 cm³/mol. The Labute approximate surface area is 117 Å². The van der Waals surface area contributed by atoms with Crippen LogP contribution in [0, 0.1) is 0 Å². The Morgan fingerprint density at radius 1 is 1.30 bits per heavy atom. The molecule has 0 spiro atoms. The fourth-order valence-corrected chi connectivity index (χ4v) is 1.79. The Morgan fingerprint density at radius 3 is 2.60 bits per heavy atom.